The number of aliphatic hydroxyl groups is 5. The van der Waals surface area contributed by atoms with E-state index in [0.29, 0.717) is 5.56 Å². The minimum Gasteiger partial charge on any atom is -0.456 e. The van der Waals surface area contributed by atoms with E-state index >= 15 is 0 Å². The first kappa shape index (κ1) is 43.1. The molecule has 58 heavy (non-hydrogen) atoms. The molecule has 2 unspecified atom stereocenters. The lowest BCUT2D eigenvalue weighted by Gasteiger charge is -2.67. The van der Waals surface area contributed by atoms with E-state index in [-0.39, 0.29) is 29.7 Å². The van der Waals surface area contributed by atoms with Crippen LogP contribution in [-0.2, 0) is 38.1 Å². The van der Waals surface area contributed by atoms with Gasteiger partial charge in [-0.25, -0.2) is 9.59 Å². The average molecular weight is 808 g/mol. The van der Waals surface area contributed by atoms with Gasteiger partial charge >= 0.3 is 17.9 Å². The van der Waals surface area contributed by atoms with Crippen molar-refractivity contribution < 1.29 is 68.5 Å². The van der Waals surface area contributed by atoms with Gasteiger partial charge in [-0.3, -0.25) is 14.4 Å². The molecule has 6 N–H and O–H groups in total. The minimum atomic E-state index is -2.36. The Balaban J connectivity index is 1.49. The second-order valence-corrected chi connectivity index (χ2v) is 17.0. The predicted octanol–water partition coefficient (Wildman–Crippen LogP) is 1.87. The van der Waals surface area contributed by atoms with Gasteiger partial charge < -0.3 is 49.8 Å². The number of carbonyl (C=O) groups excluding carboxylic acids is 5. The van der Waals surface area contributed by atoms with E-state index in [2.05, 4.69) is 5.32 Å². The lowest BCUT2D eigenvalue weighted by molar-refractivity contribution is -0.346. The number of carbonyl (C=O) groups is 5. The molecule has 2 bridgehead atoms. The Kier molecular flexibility index (Phi) is 11.6. The Hall–Kier alpha value is -4.51. The number of Topliss-reactive ketones (excluding diaryl/α,β-unsaturated/α-hetero) is 1. The molecule has 314 valence electrons. The molecule has 0 aromatic heterocycles. The molecule has 1 saturated heterocycles. The summed E-state index contributed by atoms with van der Waals surface area (Å²) in [5, 5.41) is 61.7. The largest absolute Gasteiger partial charge is 0.456 e. The third-order valence-corrected chi connectivity index (χ3v) is 13.3. The molecule has 0 radical (unpaired) electrons. The first-order valence-corrected chi connectivity index (χ1v) is 19.5. The number of benzene rings is 2. The van der Waals surface area contributed by atoms with Crippen LogP contribution in [0, 0.1) is 22.7 Å². The monoisotopic (exact) mass is 807 g/mol. The van der Waals surface area contributed by atoms with Gasteiger partial charge in [0.2, 0.25) is 5.91 Å². The smallest absolute Gasteiger partial charge is 0.338 e. The van der Waals surface area contributed by atoms with Crippen LogP contribution >= 0.6 is 0 Å². The number of hydrogen-bond acceptors (Lipinski definition) is 14. The number of aliphatic hydroxyl groups excluding tert-OH is 4. The molecular weight excluding hydrogens is 754 g/mol. The Labute approximate surface area is 336 Å². The molecule has 3 fully saturated rings. The van der Waals surface area contributed by atoms with Crippen LogP contribution in [0.1, 0.15) is 83.3 Å². The standard InChI is InChI=1S/C43H53NO14/c1-21(23(3)45)37(51)44-31(25-14-10-8-11-15-25)33(49)39(53)56-27-19-43(54)36(57-38(52)26-16-12-9-13-17-26)34-41(7,35(50)32(48)30(22(27)2)40(43,5)6)28(47)18-29-42(34,20-55-29)58-24(4)46/h8-17,21,23,27-29,31-34,36,45,47-49,54H,18-20H2,1-7H3,(H,44,51)/t21?,23?,27-,28-,29+,31-,32+,33+,34-,36-,41+,42-,43+/m0/s1. The third-order valence-electron chi connectivity index (χ3n) is 13.3. The summed E-state index contributed by atoms with van der Waals surface area (Å²) in [6, 6.07) is 14.6. The van der Waals surface area contributed by atoms with Crippen LogP contribution in [0.3, 0.4) is 0 Å². The van der Waals surface area contributed by atoms with Gasteiger partial charge in [0.15, 0.2) is 17.5 Å². The normalized spacial score (nSPS) is 34.6. The van der Waals surface area contributed by atoms with Crippen LogP contribution in [0.2, 0.25) is 0 Å². The molecule has 2 aromatic carbocycles. The van der Waals surface area contributed by atoms with Crippen molar-refractivity contribution >= 4 is 29.6 Å². The van der Waals surface area contributed by atoms with Crippen molar-refractivity contribution in [3.8, 4) is 0 Å². The molecular formula is C43H53NO14. The third kappa shape index (κ3) is 6.84. The summed E-state index contributed by atoms with van der Waals surface area (Å²) >= 11 is 0. The van der Waals surface area contributed by atoms with Crippen molar-refractivity contribution in [1.29, 1.82) is 0 Å². The fourth-order valence-corrected chi connectivity index (χ4v) is 9.63. The summed E-state index contributed by atoms with van der Waals surface area (Å²) in [4.78, 5) is 69.1. The van der Waals surface area contributed by atoms with Crippen molar-refractivity contribution in [1.82, 2.24) is 5.32 Å². The zero-order chi connectivity index (χ0) is 42.7. The van der Waals surface area contributed by atoms with Crippen LogP contribution in [-0.4, -0.2) is 116 Å². The van der Waals surface area contributed by atoms with Gasteiger partial charge in [0.25, 0.3) is 0 Å². The van der Waals surface area contributed by atoms with Gasteiger partial charge in [0, 0.05) is 25.2 Å². The van der Waals surface area contributed by atoms with Gasteiger partial charge in [-0.2, -0.15) is 0 Å². The Bertz CT molecular complexity index is 1970. The van der Waals surface area contributed by atoms with Gasteiger partial charge in [-0.1, -0.05) is 69.3 Å². The molecule has 1 heterocycles. The van der Waals surface area contributed by atoms with Crippen molar-refractivity contribution in [3.63, 3.8) is 0 Å². The molecule has 2 saturated carbocycles. The molecule has 1 aliphatic heterocycles. The van der Waals surface area contributed by atoms with Gasteiger partial charge in [0.1, 0.15) is 30.0 Å². The van der Waals surface area contributed by atoms with Crippen LogP contribution in [0.5, 0.6) is 0 Å². The molecule has 3 aliphatic carbocycles. The highest BCUT2D eigenvalue weighted by molar-refractivity contribution is 5.94. The van der Waals surface area contributed by atoms with E-state index in [1.165, 1.54) is 53.7 Å². The van der Waals surface area contributed by atoms with E-state index in [4.69, 9.17) is 18.9 Å². The Morgan fingerprint density at radius 3 is 2.09 bits per heavy atom. The highest BCUT2D eigenvalue weighted by Crippen LogP contribution is 2.64. The van der Waals surface area contributed by atoms with E-state index in [9.17, 15) is 49.5 Å². The van der Waals surface area contributed by atoms with Crippen LogP contribution in [0.4, 0.5) is 0 Å². The predicted molar refractivity (Wildman–Crippen MR) is 203 cm³/mol. The molecule has 6 rings (SSSR count). The lowest BCUT2D eigenvalue weighted by Crippen LogP contribution is -2.81. The maximum absolute atomic E-state index is 14.9. The van der Waals surface area contributed by atoms with E-state index < -0.39 is 119 Å². The number of nitrogens with one attached hydrogen (secondary N) is 1. The molecule has 13 atom stereocenters. The molecule has 15 heteroatoms. The number of rotatable bonds is 10. The molecule has 2 aromatic rings. The van der Waals surface area contributed by atoms with Crippen molar-refractivity contribution in [2.45, 2.75) is 121 Å². The van der Waals surface area contributed by atoms with Gasteiger partial charge in [-0.15, -0.1) is 0 Å². The summed E-state index contributed by atoms with van der Waals surface area (Å²) < 4.78 is 24.1. The summed E-state index contributed by atoms with van der Waals surface area (Å²) in [5.74, 6) is -6.97. The first-order valence-electron chi connectivity index (χ1n) is 19.5. The number of hydrogen-bond donors (Lipinski definition) is 6. The number of amides is 1. The summed E-state index contributed by atoms with van der Waals surface area (Å²) in [6.07, 6.45) is -11.7. The van der Waals surface area contributed by atoms with Crippen LogP contribution < -0.4 is 5.32 Å². The van der Waals surface area contributed by atoms with Crippen molar-refractivity contribution in [2.24, 2.45) is 22.7 Å². The van der Waals surface area contributed by atoms with Crippen molar-refractivity contribution in [3.05, 3.63) is 82.9 Å². The molecule has 4 aliphatic rings. The number of ketones is 1. The lowest BCUT2D eigenvalue weighted by atomic mass is 9.44. The van der Waals surface area contributed by atoms with E-state index in [1.54, 1.807) is 48.5 Å². The van der Waals surface area contributed by atoms with E-state index in [1.807, 2.05) is 0 Å². The highest BCUT2D eigenvalue weighted by atomic mass is 16.6. The molecule has 15 nitrogen and oxygen atoms in total. The zero-order valence-corrected chi connectivity index (χ0v) is 33.6. The number of ether oxygens (including phenoxy) is 4. The fraction of sp³-hybridized carbons (Fsp3) is 0.558. The topological polar surface area (TPSA) is 235 Å². The molecule has 0 spiro atoms. The Morgan fingerprint density at radius 1 is 0.931 bits per heavy atom. The minimum absolute atomic E-state index is 0.0710. The van der Waals surface area contributed by atoms with Crippen LogP contribution in [0.15, 0.2) is 71.8 Å². The fourth-order valence-electron chi connectivity index (χ4n) is 9.63. The number of esters is 3. The van der Waals surface area contributed by atoms with Gasteiger partial charge in [-0.05, 0) is 49.6 Å². The maximum Gasteiger partial charge on any atom is 0.338 e. The van der Waals surface area contributed by atoms with E-state index in [0.717, 1.165) is 6.92 Å². The second-order valence-electron chi connectivity index (χ2n) is 17.0. The van der Waals surface area contributed by atoms with Crippen LogP contribution in [0.25, 0.3) is 0 Å². The summed E-state index contributed by atoms with van der Waals surface area (Å²) in [7, 11) is 0. The maximum atomic E-state index is 14.9. The quantitative estimate of drug-likeness (QED) is 0.114. The highest BCUT2D eigenvalue weighted by Gasteiger charge is 2.78. The molecule has 1 amide bonds. The first-order chi connectivity index (χ1) is 27.1. The summed E-state index contributed by atoms with van der Waals surface area (Å²) in [5.41, 5.74) is -7.27. The summed E-state index contributed by atoms with van der Waals surface area (Å²) in [6.45, 7) is 9.72. The zero-order valence-electron chi connectivity index (χ0n) is 33.6. The Morgan fingerprint density at radius 2 is 1.53 bits per heavy atom. The van der Waals surface area contributed by atoms with Gasteiger partial charge in [0.05, 0.1) is 47.7 Å². The SMILES string of the molecule is CC(=O)O[C@@]12CO[C@@H]1C[C@H](O)[C@@]1(C)C(=O)[C@H](O)C3=C(C)[C@@H](OC(=O)[C@H](O)[C@@H](NC(=O)C(C)C(C)O)c4ccccc4)C[C@@](O)([C@@H](OC(=O)c4ccccc4)[C@H]21)C3(C)C. The second kappa shape index (κ2) is 15.6. The van der Waals surface area contributed by atoms with Crippen molar-refractivity contribution in [2.75, 3.05) is 6.61 Å². The number of fused-ring (bicyclic) bond motifs is 5. The average Bonchev–Trinajstić information content (AvgIpc) is 3.18.